The smallest absolute Gasteiger partial charge is 0.261 e. The third kappa shape index (κ3) is 5.15. The Morgan fingerprint density at radius 1 is 1.37 bits per heavy atom. The summed E-state index contributed by atoms with van der Waals surface area (Å²) in [6, 6.07) is 9.76. The van der Waals surface area contributed by atoms with E-state index in [4.69, 9.17) is 0 Å². The van der Waals surface area contributed by atoms with Crippen molar-refractivity contribution in [3.63, 3.8) is 0 Å². The number of thiophene rings is 1. The van der Waals surface area contributed by atoms with E-state index < -0.39 is 0 Å². The molecule has 1 fully saturated rings. The van der Waals surface area contributed by atoms with Gasteiger partial charge in [0.1, 0.15) is 0 Å². The van der Waals surface area contributed by atoms with Gasteiger partial charge in [-0.2, -0.15) is 0 Å². The van der Waals surface area contributed by atoms with Gasteiger partial charge in [-0.1, -0.05) is 12.1 Å². The van der Waals surface area contributed by atoms with Crippen molar-refractivity contribution < 1.29 is 4.79 Å². The first kappa shape index (κ1) is 19.5. The highest BCUT2D eigenvalue weighted by Gasteiger charge is 2.14. The third-order valence-electron chi connectivity index (χ3n) is 4.76. The number of carbonyl (C=O) groups is 1. The van der Waals surface area contributed by atoms with E-state index in [9.17, 15) is 4.79 Å². The van der Waals surface area contributed by atoms with Crippen molar-refractivity contribution in [1.82, 2.24) is 15.5 Å². The van der Waals surface area contributed by atoms with E-state index >= 15 is 0 Å². The van der Waals surface area contributed by atoms with E-state index in [0.717, 1.165) is 61.1 Å². The van der Waals surface area contributed by atoms with Crippen molar-refractivity contribution in [1.29, 1.82) is 0 Å². The number of anilines is 2. The Morgan fingerprint density at radius 2 is 2.15 bits per heavy atom. The van der Waals surface area contributed by atoms with Crippen LogP contribution in [0.4, 0.5) is 17.1 Å². The Labute approximate surface area is 164 Å². The third-order valence-corrected chi connectivity index (χ3v) is 5.67. The first-order chi connectivity index (χ1) is 13.2. The fourth-order valence-corrected chi connectivity index (χ4v) is 4.01. The SMILES string of the molecule is C=Nc1ccccc1N(C)c1csc(C(=O)NCCCN2CCNCC2)c1. The number of benzene rings is 1. The molecule has 2 N–H and O–H groups in total. The van der Waals surface area contributed by atoms with Gasteiger partial charge in [-0.05, 0) is 37.9 Å². The molecule has 1 aliphatic rings. The largest absolute Gasteiger partial charge is 0.351 e. The van der Waals surface area contributed by atoms with Gasteiger partial charge in [0, 0.05) is 45.2 Å². The molecule has 0 bridgehead atoms. The average Bonchev–Trinajstić information content (AvgIpc) is 3.21. The Bertz CT molecular complexity index is 769. The lowest BCUT2D eigenvalue weighted by molar-refractivity contribution is 0.0955. The highest BCUT2D eigenvalue weighted by molar-refractivity contribution is 7.12. The molecular formula is C20H27N5OS. The first-order valence-electron chi connectivity index (χ1n) is 9.28. The molecule has 1 saturated heterocycles. The van der Waals surface area contributed by atoms with Crippen LogP contribution in [0.1, 0.15) is 16.1 Å². The minimum atomic E-state index is -0.00454. The maximum atomic E-state index is 12.4. The van der Waals surface area contributed by atoms with E-state index in [1.54, 1.807) is 0 Å². The minimum absolute atomic E-state index is 0.00454. The molecule has 0 unspecified atom stereocenters. The monoisotopic (exact) mass is 385 g/mol. The topological polar surface area (TPSA) is 60.0 Å². The van der Waals surface area contributed by atoms with Crippen LogP contribution in [0.15, 0.2) is 40.7 Å². The zero-order chi connectivity index (χ0) is 19.1. The quantitative estimate of drug-likeness (QED) is 0.542. The van der Waals surface area contributed by atoms with Crippen LogP contribution < -0.4 is 15.5 Å². The summed E-state index contributed by atoms with van der Waals surface area (Å²) in [7, 11) is 1.97. The van der Waals surface area contributed by atoms with Crippen LogP contribution in [0.3, 0.4) is 0 Å². The first-order valence-corrected chi connectivity index (χ1v) is 10.2. The normalized spacial score (nSPS) is 14.7. The summed E-state index contributed by atoms with van der Waals surface area (Å²) in [5.74, 6) is -0.00454. The average molecular weight is 386 g/mol. The second-order valence-electron chi connectivity index (χ2n) is 6.58. The molecule has 1 aromatic heterocycles. The maximum absolute atomic E-state index is 12.4. The predicted molar refractivity (Wildman–Crippen MR) is 114 cm³/mol. The standard InChI is InChI=1S/C20H27N5OS/c1-21-17-6-3-4-7-18(17)24(2)16-14-19(27-15-16)20(26)23-8-5-11-25-12-9-22-10-13-25/h3-4,6-7,14-15,22H,1,5,8-13H2,2H3,(H,23,26). The zero-order valence-electron chi connectivity index (χ0n) is 15.8. The number of hydrogen-bond donors (Lipinski definition) is 2. The van der Waals surface area contributed by atoms with Crippen LogP contribution in [0.2, 0.25) is 0 Å². The van der Waals surface area contributed by atoms with Crippen molar-refractivity contribution in [2.24, 2.45) is 4.99 Å². The summed E-state index contributed by atoms with van der Waals surface area (Å²) in [5.41, 5.74) is 2.76. The molecule has 27 heavy (non-hydrogen) atoms. The lowest BCUT2D eigenvalue weighted by atomic mass is 10.2. The molecule has 144 valence electrons. The van der Waals surface area contributed by atoms with Crippen LogP contribution >= 0.6 is 11.3 Å². The highest BCUT2D eigenvalue weighted by Crippen LogP contribution is 2.34. The second kappa shape index (κ2) is 9.64. The van der Waals surface area contributed by atoms with Gasteiger partial charge in [0.05, 0.1) is 21.9 Å². The van der Waals surface area contributed by atoms with Crippen molar-refractivity contribution in [2.45, 2.75) is 6.42 Å². The maximum Gasteiger partial charge on any atom is 0.261 e. The van der Waals surface area contributed by atoms with Crippen LogP contribution in [0, 0.1) is 0 Å². The molecule has 1 amide bonds. The van der Waals surface area contributed by atoms with Crippen molar-refractivity contribution in [3.05, 3.63) is 40.6 Å². The fraction of sp³-hybridized carbons (Fsp3) is 0.400. The van der Waals surface area contributed by atoms with Crippen LogP contribution in [0.25, 0.3) is 0 Å². The molecule has 0 spiro atoms. The van der Waals surface area contributed by atoms with E-state index in [1.165, 1.54) is 11.3 Å². The van der Waals surface area contributed by atoms with Gasteiger partial charge in [-0.15, -0.1) is 11.3 Å². The Hall–Kier alpha value is -2.22. The summed E-state index contributed by atoms with van der Waals surface area (Å²) >= 11 is 1.46. The van der Waals surface area contributed by atoms with Gasteiger partial charge in [0.25, 0.3) is 5.91 Å². The van der Waals surface area contributed by atoms with Crippen molar-refractivity contribution in [2.75, 3.05) is 51.2 Å². The van der Waals surface area contributed by atoms with Gasteiger partial charge in [0.15, 0.2) is 0 Å². The zero-order valence-corrected chi connectivity index (χ0v) is 16.6. The number of nitrogens with one attached hydrogen (secondary N) is 2. The minimum Gasteiger partial charge on any atom is -0.351 e. The van der Waals surface area contributed by atoms with E-state index in [2.05, 4.69) is 27.2 Å². The molecule has 7 heteroatoms. The molecule has 3 rings (SSSR count). The number of aliphatic imine (C=N–C) groups is 1. The molecule has 6 nitrogen and oxygen atoms in total. The number of amides is 1. The summed E-state index contributed by atoms with van der Waals surface area (Å²) in [4.78, 5) is 21.7. The summed E-state index contributed by atoms with van der Waals surface area (Å²) in [6.07, 6.45) is 0.974. The molecule has 0 atom stereocenters. The lowest BCUT2D eigenvalue weighted by Crippen LogP contribution is -2.44. The summed E-state index contributed by atoms with van der Waals surface area (Å²) in [6.45, 7) is 9.67. The van der Waals surface area contributed by atoms with Crippen molar-refractivity contribution >= 4 is 41.0 Å². The molecular weight excluding hydrogens is 358 g/mol. The summed E-state index contributed by atoms with van der Waals surface area (Å²) in [5, 5.41) is 8.38. The number of para-hydroxylation sites is 2. The fourth-order valence-electron chi connectivity index (χ4n) is 3.17. The molecule has 0 aliphatic carbocycles. The van der Waals surface area contributed by atoms with Gasteiger partial charge in [0.2, 0.25) is 0 Å². The molecule has 2 heterocycles. The van der Waals surface area contributed by atoms with Gasteiger partial charge >= 0.3 is 0 Å². The van der Waals surface area contributed by atoms with Gasteiger partial charge in [-0.25, -0.2) is 0 Å². The van der Waals surface area contributed by atoms with Crippen LogP contribution in [-0.4, -0.2) is 63.8 Å². The number of carbonyl (C=O) groups excluding carboxylic acids is 1. The summed E-state index contributed by atoms with van der Waals surface area (Å²) < 4.78 is 0. The van der Waals surface area contributed by atoms with Crippen LogP contribution in [-0.2, 0) is 0 Å². The molecule has 2 aromatic rings. The Morgan fingerprint density at radius 3 is 2.93 bits per heavy atom. The van der Waals surface area contributed by atoms with Crippen LogP contribution in [0.5, 0.6) is 0 Å². The molecule has 0 radical (unpaired) electrons. The molecule has 1 aromatic carbocycles. The number of nitrogens with zero attached hydrogens (tertiary/aromatic N) is 3. The second-order valence-corrected chi connectivity index (χ2v) is 7.49. The molecule has 0 saturated carbocycles. The lowest BCUT2D eigenvalue weighted by Gasteiger charge is -2.27. The predicted octanol–water partition coefficient (Wildman–Crippen LogP) is 2.87. The molecule has 1 aliphatic heterocycles. The van der Waals surface area contributed by atoms with E-state index in [0.29, 0.717) is 6.54 Å². The number of hydrogen-bond acceptors (Lipinski definition) is 6. The Kier molecular flexibility index (Phi) is 6.98. The van der Waals surface area contributed by atoms with Crippen molar-refractivity contribution in [3.8, 4) is 0 Å². The van der Waals surface area contributed by atoms with E-state index in [-0.39, 0.29) is 5.91 Å². The van der Waals surface area contributed by atoms with Gasteiger partial charge < -0.3 is 20.4 Å². The van der Waals surface area contributed by atoms with Gasteiger partial charge in [-0.3, -0.25) is 9.79 Å². The highest BCUT2D eigenvalue weighted by atomic mass is 32.1. The number of rotatable bonds is 8. The van der Waals surface area contributed by atoms with E-state index in [1.807, 2.05) is 47.7 Å². The number of piperazine rings is 1. The Balaban J connectivity index is 1.52.